The molecule has 1 N–H and O–H groups in total. The number of carbonyl (C=O) groups is 1. The number of hydrogen-bond acceptors (Lipinski definition) is 2. The minimum absolute atomic E-state index is 0.00857. The first kappa shape index (κ1) is 15.3. The molecule has 3 nitrogen and oxygen atoms in total. The molecule has 19 heavy (non-hydrogen) atoms. The Bertz CT molecular complexity index is 426. The van der Waals surface area contributed by atoms with Crippen LogP contribution in [-0.2, 0) is 4.79 Å². The summed E-state index contributed by atoms with van der Waals surface area (Å²) in [5, 5.41) is 9.27. The van der Waals surface area contributed by atoms with Crippen LogP contribution in [-0.4, -0.2) is 24.7 Å². The fourth-order valence-corrected chi connectivity index (χ4v) is 2.10. The van der Waals surface area contributed by atoms with Crippen molar-refractivity contribution in [3.63, 3.8) is 0 Å². The van der Waals surface area contributed by atoms with Gasteiger partial charge >= 0.3 is 5.97 Å². The first-order valence-electron chi connectivity index (χ1n) is 6.75. The van der Waals surface area contributed by atoms with Crippen LogP contribution in [0.25, 0.3) is 0 Å². The van der Waals surface area contributed by atoms with Crippen LogP contribution in [0.15, 0.2) is 42.0 Å². The van der Waals surface area contributed by atoms with E-state index in [0.717, 1.165) is 18.5 Å². The summed E-state index contributed by atoms with van der Waals surface area (Å²) in [5.74, 6) is -0.795. The lowest BCUT2D eigenvalue weighted by Crippen LogP contribution is -2.27. The number of rotatable bonds is 7. The van der Waals surface area contributed by atoms with E-state index in [4.69, 9.17) is 0 Å². The average molecular weight is 261 g/mol. The molecule has 1 rings (SSSR count). The summed E-state index contributed by atoms with van der Waals surface area (Å²) in [4.78, 5) is 13.4. The number of carboxylic acids is 1. The van der Waals surface area contributed by atoms with Gasteiger partial charge in [-0.15, -0.1) is 0 Å². The van der Waals surface area contributed by atoms with Crippen molar-refractivity contribution in [3.8, 4) is 0 Å². The second-order valence-corrected chi connectivity index (χ2v) is 4.87. The zero-order chi connectivity index (χ0) is 14.3. The van der Waals surface area contributed by atoms with E-state index in [9.17, 15) is 9.90 Å². The topological polar surface area (TPSA) is 40.5 Å². The Hall–Kier alpha value is -1.77. The highest BCUT2D eigenvalue weighted by Gasteiger charge is 2.17. The minimum Gasteiger partial charge on any atom is -0.478 e. The predicted molar refractivity (Wildman–Crippen MR) is 79.5 cm³/mol. The smallest absolute Gasteiger partial charge is 0.331 e. The van der Waals surface area contributed by atoms with E-state index in [0.29, 0.717) is 12.1 Å². The largest absolute Gasteiger partial charge is 0.478 e. The van der Waals surface area contributed by atoms with Crippen molar-refractivity contribution in [1.29, 1.82) is 0 Å². The van der Waals surface area contributed by atoms with Crippen LogP contribution >= 0.6 is 0 Å². The molecule has 0 spiro atoms. The normalized spacial score (nSPS) is 13.1. The van der Waals surface area contributed by atoms with Crippen LogP contribution in [0.5, 0.6) is 0 Å². The number of benzene rings is 1. The van der Waals surface area contributed by atoms with Crippen LogP contribution in [0.3, 0.4) is 0 Å². The van der Waals surface area contributed by atoms with Gasteiger partial charge in [0, 0.05) is 30.8 Å². The van der Waals surface area contributed by atoms with Crippen molar-refractivity contribution < 1.29 is 9.90 Å². The van der Waals surface area contributed by atoms with Gasteiger partial charge in [-0.3, -0.25) is 0 Å². The third kappa shape index (κ3) is 4.78. The first-order valence-corrected chi connectivity index (χ1v) is 6.75. The Morgan fingerprint density at radius 2 is 2.00 bits per heavy atom. The van der Waals surface area contributed by atoms with Crippen LogP contribution in [0, 0.1) is 5.92 Å². The SMILES string of the molecule is CCCC=C(C(=O)O)C(C)CN(C)c1ccccc1. The summed E-state index contributed by atoms with van der Waals surface area (Å²) in [5.41, 5.74) is 1.62. The Morgan fingerprint density at radius 3 is 2.53 bits per heavy atom. The fourth-order valence-electron chi connectivity index (χ4n) is 2.10. The van der Waals surface area contributed by atoms with E-state index >= 15 is 0 Å². The number of hydrogen-bond donors (Lipinski definition) is 1. The number of allylic oxidation sites excluding steroid dienone is 1. The molecule has 0 radical (unpaired) electrons. The predicted octanol–water partition coefficient (Wildman–Crippen LogP) is 3.57. The highest BCUT2D eigenvalue weighted by atomic mass is 16.4. The summed E-state index contributed by atoms with van der Waals surface area (Å²) >= 11 is 0. The standard InChI is InChI=1S/C16H23NO2/c1-4-5-11-15(16(18)19)13(2)12-17(3)14-9-7-6-8-10-14/h6-11,13H,4-5,12H2,1-3H3,(H,18,19). The molecule has 1 atom stereocenters. The molecule has 0 heterocycles. The number of para-hydroxylation sites is 1. The van der Waals surface area contributed by atoms with Crippen molar-refractivity contribution in [2.45, 2.75) is 26.7 Å². The molecule has 0 aliphatic rings. The molecule has 104 valence electrons. The number of nitrogens with zero attached hydrogens (tertiary/aromatic N) is 1. The van der Waals surface area contributed by atoms with E-state index in [1.165, 1.54) is 0 Å². The van der Waals surface area contributed by atoms with Gasteiger partial charge in [-0.1, -0.05) is 44.5 Å². The second-order valence-electron chi connectivity index (χ2n) is 4.87. The van der Waals surface area contributed by atoms with Gasteiger partial charge in [0.05, 0.1) is 0 Å². The number of unbranched alkanes of at least 4 members (excludes halogenated alkanes) is 1. The van der Waals surface area contributed by atoms with Gasteiger partial charge in [-0.05, 0) is 18.6 Å². The Labute approximate surface area is 115 Å². The van der Waals surface area contributed by atoms with Gasteiger partial charge in [0.1, 0.15) is 0 Å². The third-order valence-electron chi connectivity index (χ3n) is 3.18. The van der Waals surface area contributed by atoms with Crippen LogP contribution in [0.1, 0.15) is 26.7 Å². The van der Waals surface area contributed by atoms with Crippen molar-refractivity contribution in [2.75, 3.05) is 18.5 Å². The Balaban J connectivity index is 2.71. The Kier molecular flexibility index (Phi) is 6.13. The van der Waals surface area contributed by atoms with E-state index in [1.807, 2.05) is 50.4 Å². The molecule has 0 bridgehead atoms. The molecule has 1 aromatic rings. The van der Waals surface area contributed by atoms with Crippen LogP contribution in [0.2, 0.25) is 0 Å². The summed E-state index contributed by atoms with van der Waals surface area (Å²) in [7, 11) is 1.99. The van der Waals surface area contributed by atoms with E-state index in [2.05, 4.69) is 11.8 Å². The minimum atomic E-state index is -0.803. The van der Waals surface area contributed by atoms with Gasteiger partial charge in [-0.25, -0.2) is 4.79 Å². The lowest BCUT2D eigenvalue weighted by Gasteiger charge is -2.24. The van der Waals surface area contributed by atoms with Gasteiger partial charge in [0.25, 0.3) is 0 Å². The average Bonchev–Trinajstić information content (AvgIpc) is 2.39. The molecule has 0 aliphatic carbocycles. The first-order chi connectivity index (χ1) is 9.06. The maximum atomic E-state index is 11.3. The van der Waals surface area contributed by atoms with Gasteiger partial charge in [0.2, 0.25) is 0 Å². The van der Waals surface area contributed by atoms with Gasteiger partial charge < -0.3 is 10.0 Å². The highest BCUT2D eigenvalue weighted by molar-refractivity contribution is 5.87. The molecule has 0 saturated heterocycles. The Morgan fingerprint density at radius 1 is 1.37 bits per heavy atom. The molecular weight excluding hydrogens is 238 g/mol. The van der Waals surface area contributed by atoms with E-state index in [-0.39, 0.29) is 5.92 Å². The molecule has 3 heteroatoms. The maximum Gasteiger partial charge on any atom is 0.331 e. The maximum absolute atomic E-state index is 11.3. The lowest BCUT2D eigenvalue weighted by molar-refractivity contribution is -0.133. The molecule has 0 saturated carbocycles. The molecular formula is C16H23NO2. The molecule has 0 aromatic heterocycles. The molecule has 1 unspecified atom stereocenters. The van der Waals surface area contributed by atoms with Crippen LogP contribution < -0.4 is 4.90 Å². The molecule has 0 amide bonds. The summed E-state index contributed by atoms with van der Waals surface area (Å²) < 4.78 is 0. The third-order valence-corrected chi connectivity index (χ3v) is 3.18. The monoisotopic (exact) mass is 261 g/mol. The lowest BCUT2D eigenvalue weighted by atomic mass is 9.99. The van der Waals surface area contributed by atoms with E-state index in [1.54, 1.807) is 0 Å². The van der Waals surface area contributed by atoms with Crippen LogP contribution in [0.4, 0.5) is 5.69 Å². The molecule has 1 aromatic carbocycles. The summed E-state index contributed by atoms with van der Waals surface area (Å²) in [6.45, 7) is 4.72. The zero-order valence-electron chi connectivity index (χ0n) is 12.0. The highest BCUT2D eigenvalue weighted by Crippen LogP contribution is 2.18. The second kappa shape index (κ2) is 7.62. The zero-order valence-corrected chi connectivity index (χ0v) is 12.0. The van der Waals surface area contributed by atoms with Crippen molar-refractivity contribution >= 4 is 11.7 Å². The number of aliphatic carboxylic acids is 1. The quantitative estimate of drug-likeness (QED) is 0.763. The van der Waals surface area contributed by atoms with E-state index < -0.39 is 5.97 Å². The van der Waals surface area contributed by atoms with Gasteiger partial charge in [0.15, 0.2) is 0 Å². The molecule has 0 fully saturated rings. The number of anilines is 1. The summed E-state index contributed by atoms with van der Waals surface area (Å²) in [6, 6.07) is 10.0. The van der Waals surface area contributed by atoms with Crippen molar-refractivity contribution in [2.24, 2.45) is 5.92 Å². The van der Waals surface area contributed by atoms with Crippen molar-refractivity contribution in [3.05, 3.63) is 42.0 Å². The molecule has 0 aliphatic heterocycles. The van der Waals surface area contributed by atoms with Gasteiger partial charge in [-0.2, -0.15) is 0 Å². The fraction of sp³-hybridized carbons (Fsp3) is 0.438. The van der Waals surface area contributed by atoms with Crippen molar-refractivity contribution in [1.82, 2.24) is 0 Å². The summed E-state index contributed by atoms with van der Waals surface area (Å²) in [6.07, 6.45) is 3.64. The number of carboxylic acid groups (broad SMARTS) is 1.